The van der Waals surface area contributed by atoms with Crippen LogP contribution in [0.15, 0.2) is 12.4 Å². The lowest BCUT2D eigenvalue weighted by molar-refractivity contribution is 0.233. The third-order valence-corrected chi connectivity index (χ3v) is 1.54. The lowest BCUT2D eigenvalue weighted by Crippen LogP contribution is -2.09. The minimum absolute atomic E-state index is 0.150. The topological polar surface area (TPSA) is 73.3 Å². The highest BCUT2D eigenvalue weighted by molar-refractivity contribution is 5.11. The van der Waals surface area contributed by atoms with E-state index in [4.69, 9.17) is 15.6 Å². The number of aliphatic hydroxyl groups is 1. The van der Waals surface area contributed by atoms with Crippen LogP contribution < -0.4 is 10.5 Å². The summed E-state index contributed by atoms with van der Waals surface area (Å²) in [6, 6.07) is 0. The molecular weight excluding hydrogens is 170 g/mol. The third-order valence-electron chi connectivity index (χ3n) is 1.54. The highest BCUT2D eigenvalue weighted by Gasteiger charge is 1.97. The van der Waals surface area contributed by atoms with Gasteiger partial charge in [0.15, 0.2) is 5.75 Å². The molecule has 1 heterocycles. The number of ether oxygens (including phenoxy) is 1. The van der Waals surface area contributed by atoms with E-state index in [1.54, 1.807) is 17.1 Å². The van der Waals surface area contributed by atoms with Crippen molar-refractivity contribution in [3.63, 3.8) is 0 Å². The molecule has 5 heteroatoms. The van der Waals surface area contributed by atoms with Gasteiger partial charge in [-0.05, 0) is 0 Å². The number of rotatable bonds is 6. The Morgan fingerprint density at radius 1 is 1.62 bits per heavy atom. The molecule has 74 valence electrons. The summed E-state index contributed by atoms with van der Waals surface area (Å²) in [6.45, 7) is 1.93. The predicted octanol–water partition coefficient (Wildman–Crippen LogP) is -0.397. The zero-order valence-electron chi connectivity index (χ0n) is 7.52. The fraction of sp³-hybridized carbons (Fsp3) is 0.625. The number of aromatic nitrogens is 2. The van der Waals surface area contributed by atoms with Crippen molar-refractivity contribution in [1.29, 1.82) is 0 Å². The van der Waals surface area contributed by atoms with Gasteiger partial charge >= 0.3 is 0 Å². The van der Waals surface area contributed by atoms with Crippen molar-refractivity contribution in [3.8, 4) is 5.75 Å². The van der Waals surface area contributed by atoms with E-state index in [-0.39, 0.29) is 6.61 Å². The molecule has 0 spiro atoms. The number of nitrogens with two attached hydrogens (primary N) is 1. The monoisotopic (exact) mass is 185 g/mol. The maximum atomic E-state index is 8.52. The Balaban J connectivity index is 2.31. The van der Waals surface area contributed by atoms with Crippen molar-refractivity contribution in [2.45, 2.75) is 13.0 Å². The molecule has 0 fully saturated rings. The molecule has 1 rings (SSSR count). The second kappa shape index (κ2) is 5.55. The molecule has 1 aromatic rings. The van der Waals surface area contributed by atoms with Crippen molar-refractivity contribution in [2.24, 2.45) is 5.73 Å². The Bertz CT molecular complexity index is 237. The van der Waals surface area contributed by atoms with Gasteiger partial charge in [-0.25, -0.2) is 0 Å². The van der Waals surface area contributed by atoms with Gasteiger partial charge in [0.05, 0.1) is 25.5 Å². The van der Waals surface area contributed by atoms with Gasteiger partial charge in [-0.2, -0.15) is 5.10 Å². The molecule has 0 aliphatic heterocycles. The minimum atomic E-state index is 0.150. The van der Waals surface area contributed by atoms with Crippen LogP contribution in [-0.2, 0) is 6.54 Å². The van der Waals surface area contributed by atoms with Crippen molar-refractivity contribution in [1.82, 2.24) is 9.78 Å². The fourth-order valence-electron chi connectivity index (χ4n) is 0.928. The van der Waals surface area contributed by atoms with E-state index in [1.165, 1.54) is 0 Å². The van der Waals surface area contributed by atoms with Gasteiger partial charge < -0.3 is 15.6 Å². The molecule has 0 unspecified atom stereocenters. The molecule has 3 N–H and O–H groups in total. The number of nitrogens with zero attached hydrogens (tertiary/aromatic N) is 2. The summed E-state index contributed by atoms with van der Waals surface area (Å²) in [7, 11) is 0. The van der Waals surface area contributed by atoms with Crippen LogP contribution in [0, 0.1) is 0 Å². The Kier molecular flexibility index (Phi) is 4.28. The molecule has 0 amide bonds. The van der Waals surface area contributed by atoms with Crippen LogP contribution in [0.5, 0.6) is 5.75 Å². The Morgan fingerprint density at radius 3 is 3.15 bits per heavy atom. The summed E-state index contributed by atoms with van der Waals surface area (Å²) >= 11 is 0. The quantitative estimate of drug-likeness (QED) is 0.592. The average Bonchev–Trinajstić information content (AvgIpc) is 2.54. The Morgan fingerprint density at radius 2 is 2.46 bits per heavy atom. The van der Waals surface area contributed by atoms with Gasteiger partial charge in [-0.1, -0.05) is 0 Å². The number of hydrogen-bond donors (Lipinski definition) is 2. The summed E-state index contributed by atoms with van der Waals surface area (Å²) in [5.74, 6) is 0.724. The summed E-state index contributed by atoms with van der Waals surface area (Å²) in [5, 5.41) is 12.6. The highest BCUT2D eigenvalue weighted by Crippen LogP contribution is 2.07. The van der Waals surface area contributed by atoms with Gasteiger partial charge in [0.2, 0.25) is 0 Å². The van der Waals surface area contributed by atoms with Crippen LogP contribution in [0.25, 0.3) is 0 Å². The first-order valence-electron chi connectivity index (χ1n) is 4.33. The first kappa shape index (κ1) is 10.0. The Hall–Kier alpha value is -1.07. The van der Waals surface area contributed by atoms with Gasteiger partial charge in [0, 0.05) is 19.6 Å². The molecule has 0 aromatic carbocycles. The van der Waals surface area contributed by atoms with Crippen molar-refractivity contribution >= 4 is 0 Å². The zero-order chi connectivity index (χ0) is 9.52. The van der Waals surface area contributed by atoms with Crippen LogP contribution in [0.2, 0.25) is 0 Å². The maximum Gasteiger partial charge on any atom is 0.157 e. The largest absolute Gasteiger partial charge is 0.490 e. The maximum absolute atomic E-state index is 8.52. The van der Waals surface area contributed by atoms with Crippen molar-refractivity contribution in [2.75, 3.05) is 19.8 Å². The van der Waals surface area contributed by atoms with E-state index in [0.717, 1.165) is 5.75 Å². The van der Waals surface area contributed by atoms with Crippen LogP contribution in [-0.4, -0.2) is 34.6 Å². The first-order chi connectivity index (χ1) is 6.36. The molecule has 0 bridgehead atoms. The fourth-order valence-corrected chi connectivity index (χ4v) is 0.928. The number of aliphatic hydroxyl groups excluding tert-OH is 1. The number of hydrogen-bond acceptors (Lipinski definition) is 4. The SMILES string of the molecule is NCCn1cc(OCCCO)cn1. The van der Waals surface area contributed by atoms with E-state index in [2.05, 4.69) is 5.10 Å². The summed E-state index contributed by atoms with van der Waals surface area (Å²) in [6.07, 6.45) is 4.08. The molecule has 0 saturated heterocycles. The van der Waals surface area contributed by atoms with Crippen molar-refractivity contribution in [3.05, 3.63) is 12.4 Å². The van der Waals surface area contributed by atoms with Crippen LogP contribution in [0.4, 0.5) is 0 Å². The van der Waals surface area contributed by atoms with Crippen molar-refractivity contribution < 1.29 is 9.84 Å². The lowest BCUT2D eigenvalue weighted by Gasteiger charge is -2.00. The van der Waals surface area contributed by atoms with E-state index in [0.29, 0.717) is 26.1 Å². The molecule has 0 radical (unpaired) electrons. The normalized spacial score (nSPS) is 10.3. The Labute approximate surface area is 77.1 Å². The smallest absolute Gasteiger partial charge is 0.157 e. The molecule has 0 aliphatic rings. The molecule has 0 atom stereocenters. The van der Waals surface area contributed by atoms with Crippen LogP contribution >= 0.6 is 0 Å². The van der Waals surface area contributed by atoms with E-state index < -0.39 is 0 Å². The predicted molar refractivity (Wildman–Crippen MR) is 48.5 cm³/mol. The second-order valence-electron chi connectivity index (χ2n) is 2.65. The molecular formula is C8H15N3O2. The van der Waals surface area contributed by atoms with Crippen LogP contribution in [0.3, 0.4) is 0 Å². The molecule has 0 saturated carbocycles. The van der Waals surface area contributed by atoms with Gasteiger partial charge in [-0.15, -0.1) is 0 Å². The summed E-state index contributed by atoms with van der Waals surface area (Å²) in [5.41, 5.74) is 5.36. The van der Waals surface area contributed by atoms with E-state index >= 15 is 0 Å². The van der Waals surface area contributed by atoms with Gasteiger partial charge in [-0.3, -0.25) is 4.68 Å². The van der Waals surface area contributed by atoms with Crippen LogP contribution in [0.1, 0.15) is 6.42 Å². The second-order valence-corrected chi connectivity index (χ2v) is 2.65. The van der Waals surface area contributed by atoms with Gasteiger partial charge in [0.25, 0.3) is 0 Å². The van der Waals surface area contributed by atoms with E-state index in [9.17, 15) is 0 Å². The summed E-state index contributed by atoms with van der Waals surface area (Å²) in [4.78, 5) is 0. The van der Waals surface area contributed by atoms with E-state index in [1.807, 2.05) is 0 Å². The third kappa shape index (κ3) is 3.43. The minimum Gasteiger partial charge on any atom is -0.490 e. The zero-order valence-corrected chi connectivity index (χ0v) is 7.52. The lowest BCUT2D eigenvalue weighted by atomic mass is 10.5. The average molecular weight is 185 g/mol. The molecule has 5 nitrogen and oxygen atoms in total. The molecule has 0 aliphatic carbocycles. The molecule has 1 aromatic heterocycles. The standard InChI is InChI=1S/C8H15N3O2/c9-2-3-11-7-8(6-10-11)13-5-1-4-12/h6-7,12H,1-5,9H2. The molecule has 13 heavy (non-hydrogen) atoms. The summed E-state index contributed by atoms with van der Waals surface area (Å²) < 4.78 is 7.02. The van der Waals surface area contributed by atoms with Gasteiger partial charge in [0.1, 0.15) is 0 Å². The first-order valence-corrected chi connectivity index (χ1v) is 4.33. The highest BCUT2D eigenvalue weighted by atomic mass is 16.5.